The Morgan fingerprint density at radius 2 is 1.72 bits per heavy atom. The fourth-order valence-electron chi connectivity index (χ4n) is 4.43. The number of aliphatic hydroxyl groups is 4. The van der Waals surface area contributed by atoms with Crippen molar-refractivity contribution in [2.24, 2.45) is 0 Å². The normalized spacial score (nSPS) is 26.1. The van der Waals surface area contributed by atoms with Crippen molar-refractivity contribution >= 4 is 10.9 Å². The van der Waals surface area contributed by atoms with Gasteiger partial charge < -0.3 is 34.5 Å². The fourth-order valence-corrected chi connectivity index (χ4v) is 4.43. The van der Waals surface area contributed by atoms with E-state index in [4.69, 9.17) is 9.47 Å². The van der Waals surface area contributed by atoms with Gasteiger partial charge in [-0.05, 0) is 44.0 Å². The number of fused-ring (bicyclic) bond motifs is 1. The zero-order chi connectivity index (χ0) is 23.0. The monoisotopic (exact) mass is 441 g/mol. The molecule has 4 N–H and O–H groups in total. The molecule has 1 aliphatic rings. The SMILES string of the molecule is Cc1cccc2c([C@@H]3O[C@H](CO)[C@@H](O)[C@H](O)[C@H]3O)cn(Cc3ccc(OC(C)C)cc3)c12. The first kappa shape index (κ1) is 22.8. The summed E-state index contributed by atoms with van der Waals surface area (Å²) in [5.74, 6) is 0.819. The highest BCUT2D eigenvalue weighted by molar-refractivity contribution is 5.87. The van der Waals surface area contributed by atoms with Crippen LogP contribution in [0.4, 0.5) is 0 Å². The molecular formula is C25H31NO6. The third kappa shape index (κ3) is 4.27. The van der Waals surface area contributed by atoms with E-state index in [0.717, 1.165) is 27.8 Å². The highest BCUT2D eigenvalue weighted by atomic mass is 16.5. The molecule has 0 bridgehead atoms. The average molecular weight is 442 g/mol. The molecular weight excluding hydrogens is 410 g/mol. The minimum absolute atomic E-state index is 0.109. The third-order valence-corrected chi connectivity index (χ3v) is 5.98. The van der Waals surface area contributed by atoms with Gasteiger partial charge in [0.25, 0.3) is 0 Å². The van der Waals surface area contributed by atoms with Crippen molar-refractivity contribution in [3.05, 3.63) is 65.4 Å². The predicted octanol–water partition coefficient (Wildman–Crippen LogP) is 2.30. The Morgan fingerprint density at radius 3 is 2.38 bits per heavy atom. The Morgan fingerprint density at radius 1 is 1.00 bits per heavy atom. The Balaban J connectivity index is 1.71. The standard InChI is InChI=1S/C25H31NO6/c1-14(2)31-17-9-7-16(8-10-17)11-26-12-19(18-6-4-5-15(3)21(18)26)25-24(30)23(29)22(28)20(13-27)32-25/h4-10,12,14,20,22-25,27-30H,11,13H2,1-3H3/t20-,22-,23+,24-,25+/m1/s1. The number of hydrogen-bond acceptors (Lipinski definition) is 6. The molecule has 2 heterocycles. The number of benzene rings is 2. The second-order valence-corrected chi connectivity index (χ2v) is 8.74. The number of aryl methyl sites for hydroxylation is 1. The van der Waals surface area contributed by atoms with Gasteiger partial charge in [0.1, 0.15) is 36.3 Å². The van der Waals surface area contributed by atoms with Gasteiger partial charge in [-0.15, -0.1) is 0 Å². The Hall–Kier alpha value is -2.42. The quantitative estimate of drug-likeness (QED) is 0.468. The van der Waals surface area contributed by atoms with Crippen molar-refractivity contribution < 1.29 is 29.9 Å². The lowest BCUT2D eigenvalue weighted by atomic mass is 9.91. The molecule has 5 atom stereocenters. The van der Waals surface area contributed by atoms with Gasteiger partial charge in [-0.2, -0.15) is 0 Å². The van der Waals surface area contributed by atoms with Crippen LogP contribution in [0, 0.1) is 6.92 Å². The highest BCUT2D eigenvalue weighted by Gasteiger charge is 2.44. The van der Waals surface area contributed by atoms with E-state index in [1.165, 1.54) is 0 Å². The summed E-state index contributed by atoms with van der Waals surface area (Å²) >= 11 is 0. The smallest absolute Gasteiger partial charge is 0.119 e. The Labute approximate surface area is 187 Å². The maximum absolute atomic E-state index is 10.7. The topological polar surface area (TPSA) is 104 Å². The van der Waals surface area contributed by atoms with Gasteiger partial charge >= 0.3 is 0 Å². The molecule has 1 aliphatic heterocycles. The summed E-state index contributed by atoms with van der Waals surface area (Å²) < 4.78 is 13.7. The van der Waals surface area contributed by atoms with E-state index in [-0.39, 0.29) is 6.10 Å². The number of aromatic nitrogens is 1. The van der Waals surface area contributed by atoms with Gasteiger partial charge in [-0.25, -0.2) is 0 Å². The molecule has 172 valence electrons. The first-order chi connectivity index (χ1) is 15.3. The van der Waals surface area contributed by atoms with Crippen LogP contribution in [0.3, 0.4) is 0 Å². The number of ether oxygens (including phenoxy) is 2. The fraction of sp³-hybridized carbons (Fsp3) is 0.440. The van der Waals surface area contributed by atoms with Crippen LogP contribution in [0.2, 0.25) is 0 Å². The highest BCUT2D eigenvalue weighted by Crippen LogP contribution is 2.38. The Bertz CT molecular complexity index is 1060. The van der Waals surface area contributed by atoms with Crippen LogP contribution in [-0.4, -0.2) is 62.1 Å². The van der Waals surface area contributed by atoms with Crippen molar-refractivity contribution in [3.8, 4) is 5.75 Å². The van der Waals surface area contributed by atoms with Gasteiger partial charge in [0.2, 0.25) is 0 Å². The summed E-state index contributed by atoms with van der Waals surface area (Å²) in [6, 6.07) is 13.9. The number of hydrogen-bond donors (Lipinski definition) is 4. The van der Waals surface area contributed by atoms with E-state index in [9.17, 15) is 20.4 Å². The van der Waals surface area contributed by atoms with Crippen LogP contribution in [0.1, 0.15) is 36.6 Å². The molecule has 1 aromatic heterocycles. The van der Waals surface area contributed by atoms with Crippen LogP contribution in [-0.2, 0) is 11.3 Å². The lowest BCUT2D eigenvalue weighted by Crippen LogP contribution is -2.55. The van der Waals surface area contributed by atoms with Crippen LogP contribution in [0.25, 0.3) is 10.9 Å². The second-order valence-electron chi connectivity index (χ2n) is 8.74. The largest absolute Gasteiger partial charge is 0.491 e. The number of rotatable bonds is 6. The molecule has 1 fully saturated rings. The molecule has 7 nitrogen and oxygen atoms in total. The van der Waals surface area contributed by atoms with Gasteiger partial charge in [-0.3, -0.25) is 0 Å². The van der Waals surface area contributed by atoms with Gasteiger partial charge in [-0.1, -0.05) is 30.3 Å². The lowest BCUT2D eigenvalue weighted by Gasteiger charge is -2.40. The zero-order valence-electron chi connectivity index (χ0n) is 18.5. The minimum Gasteiger partial charge on any atom is -0.491 e. The lowest BCUT2D eigenvalue weighted by molar-refractivity contribution is -0.231. The summed E-state index contributed by atoms with van der Waals surface area (Å²) in [7, 11) is 0. The first-order valence-electron chi connectivity index (χ1n) is 10.9. The van der Waals surface area contributed by atoms with Crippen LogP contribution in [0.5, 0.6) is 5.75 Å². The van der Waals surface area contributed by atoms with Gasteiger partial charge in [0.05, 0.1) is 18.2 Å². The molecule has 1 saturated heterocycles. The molecule has 3 aromatic rings. The molecule has 4 rings (SSSR count). The van der Waals surface area contributed by atoms with E-state index < -0.39 is 37.1 Å². The van der Waals surface area contributed by atoms with Crippen molar-refractivity contribution in [1.82, 2.24) is 4.57 Å². The van der Waals surface area contributed by atoms with Crippen molar-refractivity contribution in [3.63, 3.8) is 0 Å². The van der Waals surface area contributed by atoms with E-state index in [2.05, 4.69) is 4.57 Å². The molecule has 0 amide bonds. The summed E-state index contributed by atoms with van der Waals surface area (Å²) in [6.45, 7) is 6.15. The number of aliphatic hydroxyl groups excluding tert-OH is 4. The third-order valence-electron chi connectivity index (χ3n) is 5.98. The minimum atomic E-state index is -1.41. The van der Waals surface area contributed by atoms with E-state index in [0.29, 0.717) is 12.1 Å². The van der Waals surface area contributed by atoms with E-state index >= 15 is 0 Å². The van der Waals surface area contributed by atoms with Gasteiger partial charge in [0, 0.05) is 23.7 Å². The van der Waals surface area contributed by atoms with Crippen molar-refractivity contribution in [2.75, 3.05) is 6.61 Å². The second kappa shape index (κ2) is 9.21. The molecule has 0 unspecified atom stereocenters. The Kier molecular flexibility index (Phi) is 6.55. The summed E-state index contributed by atoms with van der Waals surface area (Å²) in [4.78, 5) is 0. The maximum atomic E-state index is 10.7. The van der Waals surface area contributed by atoms with Crippen LogP contribution < -0.4 is 4.74 Å². The zero-order valence-corrected chi connectivity index (χ0v) is 18.5. The molecule has 0 saturated carbocycles. The summed E-state index contributed by atoms with van der Waals surface area (Å²) in [6.07, 6.45) is -3.91. The number of para-hydroxylation sites is 1. The molecule has 32 heavy (non-hydrogen) atoms. The molecule has 7 heteroatoms. The maximum Gasteiger partial charge on any atom is 0.119 e. The summed E-state index contributed by atoms with van der Waals surface area (Å²) in [5, 5.41) is 41.6. The van der Waals surface area contributed by atoms with Crippen molar-refractivity contribution in [2.45, 2.75) is 63.9 Å². The number of nitrogens with zero attached hydrogens (tertiary/aromatic N) is 1. The molecule has 0 spiro atoms. The summed E-state index contributed by atoms with van der Waals surface area (Å²) in [5.41, 5.74) is 3.86. The van der Waals surface area contributed by atoms with Crippen molar-refractivity contribution in [1.29, 1.82) is 0 Å². The van der Waals surface area contributed by atoms with Gasteiger partial charge in [0.15, 0.2) is 0 Å². The first-order valence-corrected chi connectivity index (χ1v) is 10.9. The van der Waals surface area contributed by atoms with Crippen LogP contribution in [0.15, 0.2) is 48.7 Å². The van der Waals surface area contributed by atoms with Crippen LogP contribution >= 0.6 is 0 Å². The molecule has 2 aromatic carbocycles. The molecule has 0 radical (unpaired) electrons. The molecule has 0 aliphatic carbocycles. The van der Waals surface area contributed by atoms with E-state index in [1.807, 2.05) is 69.4 Å². The van der Waals surface area contributed by atoms with E-state index in [1.54, 1.807) is 0 Å². The average Bonchev–Trinajstić information content (AvgIpc) is 3.13. The predicted molar refractivity (Wildman–Crippen MR) is 121 cm³/mol.